The van der Waals surface area contributed by atoms with Gasteiger partial charge in [-0.2, -0.15) is 0 Å². The first-order valence-corrected chi connectivity index (χ1v) is 10.6. The van der Waals surface area contributed by atoms with Crippen molar-refractivity contribution in [2.24, 2.45) is 0 Å². The standard InChI is InChI=1S/C23H33N3O3/c1-17-15-18-9-8-12-24-21(18)25-20(17)10-6-5-7-14-28-19-11-13-26(16-19)22(27)29-23(2,3)4/h8-9,12,15,19H,5-7,10-11,13-14,16H2,1-4H3/t19-/m1/s1. The molecule has 1 amide bonds. The van der Waals surface area contributed by atoms with Crippen LogP contribution >= 0.6 is 0 Å². The normalized spacial score (nSPS) is 17.1. The van der Waals surface area contributed by atoms with E-state index in [1.165, 1.54) is 5.56 Å². The molecule has 0 N–H and O–H groups in total. The zero-order valence-corrected chi connectivity index (χ0v) is 18.1. The highest BCUT2D eigenvalue weighted by Gasteiger charge is 2.30. The lowest BCUT2D eigenvalue weighted by molar-refractivity contribution is 0.0206. The summed E-state index contributed by atoms with van der Waals surface area (Å²) in [5.41, 5.74) is 2.74. The van der Waals surface area contributed by atoms with E-state index in [0.717, 1.165) is 55.4 Å². The molecule has 2 aromatic heterocycles. The van der Waals surface area contributed by atoms with Crippen molar-refractivity contribution >= 4 is 17.1 Å². The van der Waals surface area contributed by atoms with Crippen LogP contribution in [-0.2, 0) is 15.9 Å². The monoisotopic (exact) mass is 399 g/mol. The molecule has 3 rings (SSSR count). The number of fused-ring (bicyclic) bond motifs is 1. The van der Waals surface area contributed by atoms with Crippen LogP contribution < -0.4 is 0 Å². The van der Waals surface area contributed by atoms with Crippen molar-refractivity contribution < 1.29 is 14.3 Å². The van der Waals surface area contributed by atoms with Gasteiger partial charge in [0.1, 0.15) is 5.60 Å². The van der Waals surface area contributed by atoms with Gasteiger partial charge in [0, 0.05) is 30.4 Å². The van der Waals surface area contributed by atoms with Gasteiger partial charge in [0.2, 0.25) is 0 Å². The predicted octanol–water partition coefficient (Wildman–Crippen LogP) is 4.68. The van der Waals surface area contributed by atoms with Gasteiger partial charge in [-0.3, -0.25) is 0 Å². The smallest absolute Gasteiger partial charge is 0.410 e. The van der Waals surface area contributed by atoms with Crippen LogP contribution in [0.4, 0.5) is 4.79 Å². The van der Waals surface area contributed by atoms with E-state index >= 15 is 0 Å². The molecule has 1 fully saturated rings. The van der Waals surface area contributed by atoms with Crippen molar-refractivity contribution in [3.05, 3.63) is 35.7 Å². The molecule has 0 aliphatic carbocycles. The fourth-order valence-electron chi connectivity index (χ4n) is 3.58. The van der Waals surface area contributed by atoms with Crippen LogP contribution in [0.15, 0.2) is 24.4 Å². The third-order valence-electron chi connectivity index (χ3n) is 5.09. The Morgan fingerprint density at radius 1 is 1.28 bits per heavy atom. The predicted molar refractivity (Wildman–Crippen MR) is 114 cm³/mol. The lowest BCUT2D eigenvalue weighted by atomic mass is 10.1. The topological polar surface area (TPSA) is 64.6 Å². The summed E-state index contributed by atoms with van der Waals surface area (Å²) in [6, 6.07) is 6.17. The first kappa shape index (κ1) is 21.5. The summed E-state index contributed by atoms with van der Waals surface area (Å²) in [5.74, 6) is 0. The molecule has 158 valence electrons. The van der Waals surface area contributed by atoms with Gasteiger partial charge in [-0.15, -0.1) is 0 Å². The fourth-order valence-corrected chi connectivity index (χ4v) is 3.58. The van der Waals surface area contributed by atoms with Crippen molar-refractivity contribution in [1.82, 2.24) is 14.9 Å². The number of aromatic nitrogens is 2. The highest BCUT2D eigenvalue weighted by Crippen LogP contribution is 2.19. The van der Waals surface area contributed by atoms with Gasteiger partial charge >= 0.3 is 6.09 Å². The first-order chi connectivity index (χ1) is 13.8. The summed E-state index contributed by atoms with van der Waals surface area (Å²) < 4.78 is 11.4. The second kappa shape index (κ2) is 9.53. The molecule has 2 aromatic rings. The summed E-state index contributed by atoms with van der Waals surface area (Å²) >= 11 is 0. The van der Waals surface area contributed by atoms with Crippen molar-refractivity contribution in [2.75, 3.05) is 19.7 Å². The van der Waals surface area contributed by atoms with E-state index in [1.807, 2.05) is 26.8 Å². The minimum atomic E-state index is -0.454. The molecule has 0 spiro atoms. The average molecular weight is 400 g/mol. The molecule has 6 heteroatoms. The Kier molecular flexibility index (Phi) is 7.06. The third-order valence-corrected chi connectivity index (χ3v) is 5.09. The Morgan fingerprint density at radius 3 is 2.90 bits per heavy atom. The summed E-state index contributed by atoms with van der Waals surface area (Å²) in [4.78, 5) is 22.9. The van der Waals surface area contributed by atoms with Crippen molar-refractivity contribution in [3.63, 3.8) is 0 Å². The van der Waals surface area contributed by atoms with Gasteiger partial charge in [0.15, 0.2) is 5.65 Å². The molecule has 6 nitrogen and oxygen atoms in total. The van der Waals surface area contributed by atoms with Crippen LogP contribution in [0.5, 0.6) is 0 Å². The molecule has 1 aliphatic rings. The quantitative estimate of drug-likeness (QED) is 0.633. The summed E-state index contributed by atoms with van der Waals surface area (Å²) in [5, 5.41) is 1.10. The molecule has 29 heavy (non-hydrogen) atoms. The lowest BCUT2D eigenvalue weighted by Crippen LogP contribution is -2.36. The highest BCUT2D eigenvalue weighted by atomic mass is 16.6. The van der Waals surface area contributed by atoms with E-state index < -0.39 is 5.60 Å². The SMILES string of the molecule is Cc1cc2cccnc2nc1CCCCCO[C@@H]1CCN(C(=O)OC(C)(C)C)C1. The van der Waals surface area contributed by atoms with Crippen LogP contribution in [0.1, 0.15) is 57.7 Å². The third kappa shape index (κ3) is 6.39. The number of unbranched alkanes of at least 4 members (excludes halogenated alkanes) is 2. The summed E-state index contributed by atoms with van der Waals surface area (Å²) in [6.07, 6.45) is 6.73. The maximum absolute atomic E-state index is 12.1. The van der Waals surface area contributed by atoms with Gasteiger partial charge in [-0.25, -0.2) is 14.8 Å². The Labute approximate surface area is 173 Å². The number of likely N-dealkylation sites (tertiary alicyclic amines) is 1. The number of ether oxygens (including phenoxy) is 2. The van der Waals surface area contributed by atoms with Crippen molar-refractivity contribution in [1.29, 1.82) is 0 Å². The van der Waals surface area contributed by atoms with Gasteiger partial charge in [-0.1, -0.05) is 6.42 Å². The Morgan fingerprint density at radius 2 is 2.10 bits per heavy atom. The molecule has 0 bridgehead atoms. The Bertz CT molecular complexity index is 832. The molecular formula is C23H33N3O3. The second-order valence-corrected chi connectivity index (χ2v) is 8.82. The molecule has 3 heterocycles. The number of hydrogen-bond donors (Lipinski definition) is 0. The van der Waals surface area contributed by atoms with Gasteiger partial charge in [-0.05, 0) is 77.1 Å². The zero-order valence-electron chi connectivity index (χ0n) is 18.1. The molecule has 0 aromatic carbocycles. The number of amides is 1. The first-order valence-electron chi connectivity index (χ1n) is 10.6. The zero-order chi connectivity index (χ0) is 20.9. The molecule has 0 radical (unpaired) electrons. The number of carbonyl (C=O) groups excluding carboxylic acids is 1. The van der Waals surface area contributed by atoms with E-state index in [2.05, 4.69) is 24.0 Å². The summed E-state index contributed by atoms with van der Waals surface area (Å²) in [6.45, 7) is 9.86. The van der Waals surface area contributed by atoms with Gasteiger partial charge in [0.25, 0.3) is 0 Å². The minimum absolute atomic E-state index is 0.123. The fraction of sp³-hybridized carbons (Fsp3) is 0.609. The van der Waals surface area contributed by atoms with E-state index in [0.29, 0.717) is 13.1 Å². The second-order valence-electron chi connectivity index (χ2n) is 8.82. The summed E-state index contributed by atoms with van der Waals surface area (Å²) in [7, 11) is 0. The number of carbonyl (C=O) groups is 1. The molecule has 1 atom stereocenters. The maximum Gasteiger partial charge on any atom is 0.410 e. The van der Waals surface area contributed by atoms with E-state index in [9.17, 15) is 4.79 Å². The van der Waals surface area contributed by atoms with Crippen molar-refractivity contribution in [2.45, 2.75) is 71.5 Å². The van der Waals surface area contributed by atoms with E-state index in [-0.39, 0.29) is 12.2 Å². The van der Waals surface area contributed by atoms with Crippen LogP contribution in [0.25, 0.3) is 11.0 Å². The van der Waals surface area contributed by atoms with Gasteiger partial charge in [0.05, 0.1) is 12.6 Å². The van der Waals surface area contributed by atoms with Crippen LogP contribution in [0, 0.1) is 6.92 Å². The van der Waals surface area contributed by atoms with E-state index in [1.54, 1.807) is 11.1 Å². The number of nitrogens with zero attached hydrogens (tertiary/aromatic N) is 3. The molecule has 1 aliphatic heterocycles. The highest BCUT2D eigenvalue weighted by molar-refractivity contribution is 5.75. The van der Waals surface area contributed by atoms with E-state index in [4.69, 9.17) is 14.5 Å². The minimum Gasteiger partial charge on any atom is -0.444 e. The largest absolute Gasteiger partial charge is 0.444 e. The van der Waals surface area contributed by atoms with Crippen LogP contribution in [0.3, 0.4) is 0 Å². The molecule has 1 saturated heterocycles. The van der Waals surface area contributed by atoms with Crippen LogP contribution in [0.2, 0.25) is 0 Å². The lowest BCUT2D eigenvalue weighted by Gasteiger charge is -2.24. The number of hydrogen-bond acceptors (Lipinski definition) is 5. The maximum atomic E-state index is 12.1. The number of rotatable bonds is 7. The van der Waals surface area contributed by atoms with Gasteiger partial charge < -0.3 is 14.4 Å². The molecule has 0 saturated carbocycles. The number of pyridine rings is 2. The number of aryl methyl sites for hydroxylation is 2. The average Bonchev–Trinajstić information content (AvgIpc) is 3.12. The molecular weight excluding hydrogens is 366 g/mol. The Hall–Kier alpha value is -2.21. The molecule has 0 unspecified atom stereocenters. The Balaban J connectivity index is 1.33. The van der Waals surface area contributed by atoms with Crippen LogP contribution in [-0.4, -0.2) is 52.4 Å². The van der Waals surface area contributed by atoms with Crippen molar-refractivity contribution in [3.8, 4) is 0 Å².